The summed E-state index contributed by atoms with van der Waals surface area (Å²) in [6.45, 7) is 1.71. The minimum Gasteiger partial charge on any atom is -0.322 e. The van der Waals surface area contributed by atoms with Gasteiger partial charge in [0.05, 0.1) is 0 Å². The third-order valence-corrected chi connectivity index (χ3v) is 5.51. The van der Waals surface area contributed by atoms with Crippen molar-refractivity contribution in [1.29, 1.82) is 0 Å². The van der Waals surface area contributed by atoms with Crippen molar-refractivity contribution < 1.29 is 14.4 Å². The Kier molecular flexibility index (Phi) is 5.59. The Hall–Kier alpha value is -2.37. The number of hydrazine groups is 1. The fourth-order valence-corrected chi connectivity index (χ4v) is 3.81. The van der Waals surface area contributed by atoms with Crippen molar-refractivity contribution in [1.82, 2.24) is 15.8 Å². The summed E-state index contributed by atoms with van der Waals surface area (Å²) in [5, 5.41) is 3.57. The van der Waals surface area contributed by atoms with Gasteiger partial charge >= 0.3 is 6.03 Å². The molecule has 2 aliphatic rings. The molecule has 1 aliphatic heterocycles. The summed E-state index contributed by atoms with van der Waals surface area (Å²) in [7, 11) is 0. The lowest BCUT2D eigenvalue weighted by Gasteiger charge is -2.21. The van der Waals surface area contributed by atoms with E-state index in [1.807, 2.05) is 30.3 Å². The van der Waals surface area contributed by atoms with Crippen molar-refractivity contribution in [3.63, 3.8) is 0 Å². The zero-order valence-corrected chi connectivity index (χ0v) is 15.3. The smallest absolute Gasteiger partial charge is 0.322 e. The molecule has 0 bridgehead atoms. The quantitative estimate of drug-likeness (QED) is 0.737. The summed E-state index contributed by atoms with van der Waals surface area (Å²) >= 11 is 0. The number of imide groups is 1. The van der Waals surface area contributed by atoms with Crippen LogP contribution in [0.2, 0.25) is 0 Å². The Morgan fingerprint density at radius 2 is 1.92 bits per heavy atom. The van der Waals surface area contributed by atoms with Crippen molar-refractivity contribution in [2.45, 2.75) is 63.8 Å². The van der Waals surface area contributed by atoms with Crippen molar-refractivity contribution in [2.24, 2.45) is 5.92 Å². The van der Waals surface area contributed by atoms with Crippen LogP contribution in [-0.2, 0) is 16.0 Å². The van der Waals surface area contributed by atoms with Gasteiger partial charge in [-0.25, -0.2) is 4.79 Å². The van der Waals surface area contributed by atoms with Crippen LogP contribution in [-0.4, -0.2) is 28.4 Å². The molecule has 4 amide bonds. The molecular weight excluding hydrogens is 330 g/mol. The van der Waals surface area contributed by atoms with Crippen LogP contribution in [0.15, 0.2) is 30.3 Å². The number of hydrogen-bond donors (Lipinski definition) is 2. The first-order valence-corrected chi connectivity index (χ1v) is 9.48. The SMILES string of the molecule is CC1(CCc2ccccc2)NC(=O)N(NC(=O)CCC2CCCC2)C1=O. The second-order valence-corrected chi connectivity index (χ2v) is 7.61. The predicted octanol–water partition coefficient (Wildman–Crippen LogP) is 2.93. The Balaban J connectivity index is 1.52. The average Bonchev–Trinajstić information content (AvgIpc) is 3.23. The van der Waals surface area contributed by atoms with Gasteiger partial charge in [-0.15, -0.1) is 0 Å². The molecule has 3 rings (SSSR count). The van der Waals surface area contributed by atoms with Gasteiger partial charge < -0.3 is 5.32 Å². The van der Waals surface area contributed by atoms with E-state index in [2.05, 4.69) is 10.7 Å². The van der Waals surface area contributed by atoms with E-state index < -0.39 is 17.5 Å². The molecule has 26 heavy (non-hydrogen) atoms. The monoisotopic (exact) mass is 357 g/mol. The lowest BCUT2D eigenvalue weighted by molar-refractivity contribution is -0.139. The number of carbonyl (C=O) groups excluding carboxylic acids is 3. The van der Waals surface area contributed by atoms with Crippen LogP contribution in [0, 0.1) is 5.92 Å². The summed E-state index contributed by atoms with van der Waals surface area (Å²) in [6.07, 6.45) is 7.14. The van der Waals surface area contributed by atoms with Gasteiger partial charge in [-0.1, -0.05) is 56.0 Å². The summed E-state index contributed by atoms with van der Waals surface area (Å²) in [5.41, 5.74) is 2.60. The molecule has 1 unspecified atom stereocenters. The highest BCUT2D eigenvalue weighted by Crippen LogP contribution is 2.28. The Morgan fingerprint density at radius 3 is 2.62 bits per heavy atom. The van der Waals surface area contributed by atoms with Gasteiger partial charge in [0.25, 0.3) is 5.91 Å². The van der Waals surface area contributed by atoms with Gasteiger partial charge in [0.1, 0.15) is 5.54 Å². The Labute approximate surface area is 154 Å². The lowest BCUT2D eigenvalue weighted by Crippen LogP contribution is -2.49. The summed E-state index contributed by atoms with van der Waals surface area (Å²) in [6, 6.07) is 9.27. The number of rotatable bonds is 7. The van der Waals surface area contributed by atoms with E-state index in [1.165, 1.54) is 25.7 Å². The first-order chi connectivity index (χ1) is 12.5. The number of urea groups is 1. The van der Waals surface area contributed by atoms with Gasteiger partial charge in [-0.3, -0.25) is 15.0 Å². The molecule has 6 nitrogen and oxygen atoms in total. The molecule has 0 spiro atoms. The van der Waals surface area contributed by atoms with E-state index >= 15 is 0 Å². The van der Waals surface area contributed by atoms with Crippen LogP contribution in [0.5, 0.6) is 0 Å². The van der Waals surface area contributed by atoms with Gasteiger partial charge in [0.15, 0.2) is 0 Å². The van der Waals surface area contributed by atoms with Crippen LogP contribution in [0.4, 0.5) is 4.79 Å². The van der Waals surface area contributed by atoms with Crippen molar-refractivity contribution in [3.05, 3.63) is 35.9 Å². The number of amides is 4. The molecule has 1 saturated carbocycles. The highest BCUT2D eigenvalue weighted by atomic mass is 16.2. The van der Waals surface area contributed by atoms with E-state index in [0.29, 0.717) is 25.2 Å². The molecule has 1 aromatic rings. The van der Waals surface area contributed by atoms with Crippen LogP contribution in [0.1, 0.15) is 57.4 Å². The first kappa shape index (κ1) is 18.4. The molecule has 1 atom stereocenters. The zero-order valence-electron chi connectivity index (χ0n) is 15.3. The predicted molar refractivity (Wildman–Crippen MR) is 97.9 cm³/mol. The second-order valence-electron chi connectivity index (χ2n) is 7.61. The molecule has 1 aliphatic carbocycles. The normalized spacial score (nSPS) is 23.3. The average molecular weight is 357 g/mol. The molecule has 1 aromatic carbocycles. The number of nitrogens with one attached hydrogen (secondary N) is 2. The third-order valence-electron chi connectivity index (χ3n) is 5.51. The van der Waals surface area contributed by atoms with Gasteiger partial charge in [-0.05, 0) is 37.7 Å². The zero-order chi connectivity index (χ0) is 18.6. The van der Waals surface area contributed by atoms with E-state index in [1.54, 1.807) is 6.92 Å². The van der Waals surface area contributed by atoms with Gasteiger partial charge in [-0.2, -0.15) is 5.01 Å². The number of carbonyl (C=O) groups is 3. The van der Waals surface area contributed by atoms with Crippen molar-refractivity contribution in [2.75, 3.05) is 0 Å². The summed E-state index contributed by atoms with van der Waals surface area (Å²) < 4.78 is 0. The number of hydrogen-bond acceptors (Lipinski definition) is 3. The Bertz CT molecular complexity index is 670. The van der Waals surface area contributed by atoms with E-state index in [-0.39, 0.29) is 5.91 Å². The van der Waals surface area contributed by atoms with E-state index in [9.17, 15) is 14.4 Å². The van der Waals surface area contributed by atoms with Crippen molar-refractivity contribution in [3.8, 4) is 0 Å². The molecule has 140 valence electrons. The van der Waals surface area contributed by atoms with Crippen molar-refractivity contribution >= 4 is 17.8 Å². The number of aryl methyl sites for hydroxylation is 1. The van der Waals surface area contributed by atoms with Crippen LogP contribution < -0.4 is 10.7 Å². The van der Waals surface area contributed by atoms with Crippen LogP contribution >= 0.6 is 0 Å². The van der Waals surface area contributed by atoms with E-state index in [4.69, 9.17) is 0 Å². The molecule has 2 fully saturated rings. The molecule has 1 heterocycles. The number of benzene rings is 1. The molecule has 6 heteroatoms. The van der Waals surface area contributed by atoms with Crippen LogP contribution in [0.3, 0.4) is 0 Å². The first-order valence-electron chi connectivity index (χ1n) is 9.48. The maximum atomic E-state index is 12.7. The van der Waals surface area contributed by atoms with Crippen LogP contribution in [0.25, 0.3) is 0 Å². The third kappa shape index (κ3) is 4.23. The molecular formula is C20H27N3O3. The minimum absolute atomic E-state index is 0.271. The number of nitrogens with zero attached hydrogens (tertiary/aromatic N) is 1. The molecule has 1 saturated heterocycles. The second kappa shape index (κ2) is 7.89. The summed E-state index contributed by atoms with van der Waals surface area (Å²) in [4.78, 5) is 37.0. The maximum Gasteiger partial charge on any atom is 0.344 e. The van der Waals surface area contributed by atoms with E-state index in [0.717, 1.165) is 17.0 Å². The highest BCUT2D eigenvalue weighted by molar-refractivity contribution is 6.07. The molecule has 0 aromatic heterocycles. The minimum atomic E-state index is -0.994. The highest BCUT2D eigenvalue weighted by Gasteiger charge is 2.48. The topological polar surface area (TPSA) is 78.5 Å². The van der Waals surface area contributed by atoms with Gasteiger partial charge in [0, 0.05) is 6.42 Å². The molecule has 2 N–H and O–H groups in total. The standard InChI is InChI=1S/C20H27N3O3/c1-20(14-13-16-7-3-2-4-8-16)18(25)23(19(26)21-20)22-17(24)12-11-15-9-5-6-10-15/h2-4,7-8,15H,5-6,9-14H2,1H3,(H,21,26)(H,22,24). The van der Waals surface area contributed by atoms with Gasteiger partial charge in [0.2, 0.25) is 5.91 Å². The maximum absolute atomic E-state index is 12.7. The Morgan fingerprint density at radius 1 is 1.23 bits per heavy atom. The fraction of sp³-hybridized carbons (Fsp3) is 0.550. The fourth-order valence-electron chi connectivity index (χ4n) is 3.81. The largest absolute Gasteiger partial charge is 0.344 e. The molecule has 0 radical (unpaired) electrons. The lowest BCUT2D eigenvalue weighted by atomic mass is 9.93. The summed E-state index contributed by atoms with van der Waals surface area (Å²) in [5.74, 6) is -0.0691.